The first-order chi connectivity index (χ1) is 7.93. The average Bonchev–Trinajstić information content (AvgIpc) is 2.69. The lowest BCUT2D eigenvalue weighted by Crippen LogP contribution is -2.33. The predicted molar refractivity (Wildman–Crippen MR) is 71.5 cm³/mol. The Morgan fingerprint density at radius 2 is 2.12 bits per heavy atom. The van der Waals surface area contributed by atoms with Gasteiger partial charge in [-0.3, -0.25) is 0 Å². The van der Waals surface area contributed by atoms with E-state index in [1.165, 1.54) is 0 Å². The van der Waals surface area contributed by atoms with E-state index in [0.717, 1.165) is 22.9 Å². The molecule has 0 amide bonds. The molecule has 2 rings (SSSR count). The van der Waals surface area contributed by atoms with Crippen LogP contribution in [0.3, 0.4) is 0 Å². The van der Waals surface area contributed by atoms with Crippen molar-refractivity contribution in [2.75, 3.05) is 6.54 Å². The van der Waals surface area contributed by atoms with Gasteiger partial charge in [-0.1, -0.05) is 15.9 Å². The molecular weight excluding hydrogens is 302 g/mol. The molecule has 0 saturated carbocycles. The van der Waals surface area contributed by atoms with Gasteiger partial charge >= 0.3 is 0 Å². The molecule has 0 N–H and O–H groups in total. The van der Waals surface area contributed by atoms with Gasteiger partial charge in [0.1, 0.15) is 0 Å². The highest BCUT2D eigenvalue weighted by Gasteiger charge is 2.32. The van der Waals surface area contributed by atoms with Crippen LogP contribution in [0.4, 0.5) is 0 Å². The van der Waals surface area contributed by atoms with Gasteiger partial charge in [0.15, 0.2) is 0 Å². The van der Waals surface area contributed by atoms with Gasteiger partial charge in [0, 0.05) is 17.1 Å². The zero-order chi connectivity index (χ0) is 12.6. The number of halogens is 1. The van der Waals surface area contributed by atoms with Gasteiger partial charge in [-0.05, 0) is 50.5 Å². The van der Waals surface area contributed by atoms with Crippen LogP contribution in [0.1, 0.15) is 25.3 Å². The standard InChI is InChI=1S/C12H16BrNO2S/c1-9-8-11(5-6-12(9)13)17(15,16)14-7-3-4-10(14)2/h5-6,8,10H,3-4,7H2,1-2H3/t10-/m1/s1. The number of sulfonamides is 1. The number of hydrogen-bond acceptors (Lipinski definition) is 2. The summed E-state index contributed by atoms with van der Waals surface area (Å²) in [6.45, 7) is 4.51. The number of aryl methyl sites for hydroxylation is 1. The van der Waals surface area contributed by atoms with Gasteiger partial charge in [0.05, 0.1) is 4.90 Å². The monoisotopic (exact) mass is 317 g/mol. The Morgan fingerprint density at radius 1 is 1.41 bits per heavy atom. The fourth-order valence-electron chi connectivity index (χ4n) is 2.18. The van der Waals surface area contributed by atoms with E-state index in [9.17, 15) is 8.42 Å². The molecule has 0 spiro atoms. The molecule has 1 fully saturated rings. The molecule has 0 bridgehead atoms. The Bertz CT molecular complexity index is 527. The minimum Gasteiger partial charge on any atom is -0.207 e. The number of nitrogens with zero attached hydrogens (tertiary/aromatic N) is 1. The van der Waals surface area contributed by atoms with Crippen molar-refractivity contribution in [2.45, 2.75) is 37.6 Å². The summed E-state index contributed by atoms with van der Waals surface area (Å²) in [6.07, 6.45) is 1.91. The van der Waals surface area contributed by atoms with E-state index >= 15 is 0 Å². The molecule has 3 nitrogen and oxygen atoms in total. The molecular formula is C12H16BrNO2S. The molecule has 0 aliphatic carbocycles. The van der Waals surface area contributed by atoms with Crippen molar-refractivity contribution in [3.05, 3.63) is 28.2 Å². The van der Waals surface area contributed by atoms with E-state index < -0.39 is 10.0 Å². The van der Waals surface area contributed by atoms with Crippen molar-refractivity contribution in [3.63, 3.8) is 0 Å². The Kier molecular flexibility index (Phi) is 3.61. The molecule has 94 valence electrons. The van der Waals surface area contributed by atoms with Crippen molar-refractivity contribution < 1.29 is 8.42 Å². The Balaban J connectivity index is 2.41. The van der Waals surface area contributed by atoms with Gasteiger partial charge in [-0.25, -0.2) is 8.42 Å². The molecule has 1 heterocycles. The summed E-state index contributed by atoms with van der Waals surface area (Å²) >= 11 is 3.38. The van der Waals surface area contributed by atoms with Crippen LogP contribution in [0.25, 0.3) is 0 Å². The smallest absolute Gasteiger partial charge is 0.207 e. The summed E-state index contributed by atoms with van der Waals surface area (Å²) in [5.74, 6) is 0. The van der Waals surface area contributed by atoms with E-state index in [-0.39, 0.29) is 6.04 Å². The van der Waals surface area contributed by atoms with E-state index in [2.05, 4.69) is 15.9 Å². The van der Waals surface area contributed by atoms with Crippen LogP contribution in [-0.2, 0) is 10.0 Å². The molecule has 5 heteroatoms. The zero-order valence-electron chi connectivity index (χ0n) is 9.98. The molecule has 0 aromatic heterocycles. The molecule has 1 aliphatic rings. The third kappa shape index (κ3) is 2.41. The van der Waals surface area contributed by atoms with E-state index in [1.807, 2.05) is 13.8 Å². The van der Waals surface area contributed by atoms with Crippen LogP contribution < -0.4 is 0 Å². The van der Waals surface area contributed by atoms with Crippen molar-refractivity contribution in [2.24, 2.45) is 0 Å². The number of benzene rings is 1. The highest BCUT2D eigenvalue weighted by atomic mass is 79.9. The van der Waals surface area contributed by atoms with Crippen LogP contribution in [0, 0.1) is 6.92 Å². The van der Waals surface area contributed by atoms with Crippen molar-refractivity contribution >= 4 is 26.0 Å². The second-order valence-corrected chi connectivity index (χ2v) is 7.26. The third-order valence-corrected chi connectivity index (χ3v) is 6.13. The number of hydrogen-bond donors (Lipinski definition) is 0. The summed E-state index contributed by atoms with van der Waals surface area (Å²) < 4.78 is 27.4. The first-order valence-corrected chi connectivity index (χ1v) is 7.94. The van der Waals surface area contributed by atoms with Crippen LogP contribution in [0.2, 0.25) is 0 Å². The fraction of sp³-hybridized carbons (Fsp3) is 0.500. The fourth-order valence-corrected chi connectivity index (χ4v) is 4.21. The van der Waals surface area contributed by atoms with E-state index in [1.54, 1.807) is 22.5 Å². The van der Waals surface area contributed by atoms with Gasteiger partial charge < -0.3 is 0 Å². The van der Waals surface area contributed by atoms with E-state index in [4.69, 9.17) is 0 Å². The minimum absolute atomic E-state index is 0.115. The summed E-state index contributed by atoms with van der Waals surface area (Å²) in [4.78, 5) is 0.395. The molecule has 1 aliphatic heterocycles. The second kappa shape index (κ2) is 4.71. The van der Waals surface area contributed by atoms with Crippen molar-refractivity contribution in [1.82, 2.24) is 4.31 Å². The molecule has 0 radical (unpaired) electrons. The summed E-state index contributed by atoms with van der Waals surface area (Å²) in [5.41, 5.74) is 0.943. The average molecular weight is 318 g/mol. The molecule has 1 aromatic rings. The van der Waals surface area contributed by atoms with Crippen LogP contribution in [0.15, 0.2) is 27.6 Å². The molecule has 1 saturated heterocycles. The van der Waals surface area contributed by atoms with Crippen LogP contribution in [0.5, 0.6) is 0 Å². The molecule has 17 heavy (non-hydrogen) atoms. The topological polar surface area (TPSA) is 37.4 Å². The second-order valence-electron chi connectivity index (χ2n) is 4.52. The maximum atomic E-state index is 12.4. The first kappa shape index (κ1) is 13.1. The minimum atomic E-state index is -3.31. The van der Waals surface area contributed by atoms with Crippen molar-refractivity contribution in [1.29, 1.82) is 0 Å². The molecule has 1 aromatic carbocycles. The summed E-state index contributed by atoms with van der Waals surface area (Å²) in [5, 5.41) is 0. The molecule has 1 atom stereocenters. The predicted octanol–water partition coefficient (Wildman–Crippen LogP) is 2.93. The highest BCUT2D eigenvalue weighted by Crippen LogP contribution is 2.27. The van der Waals surface area contributed by atoms with Gasteiger partial charge in [0.25, 0.3) is 0 Å². The molecule has 0 unspecified atom stereocenters. The maximum absolute atomic E-state index is 12.4. The first-order valence-electron chi connectivity index (χ1n) is 5.71. The summed E-state index contributed by atoms with van der Waals surface area (Å²) in [6, 6.07) is 5.30. The number of rotatable bonds is 2. The van der Waals surface area contributed by atoms with Gasteiger partial charge in [0.2, 0.25) is 10.0 Å². The quantitative estimate of drug-likeness (QED) is 0.841. The zero-order valence-corrected chi connectivity index (χ0v) is 12.4. The van der Waals surface area contributed by atoms with Gasteiger partial charge in [-0.15, -0.1) is 0 Å². The lowest BCUT2D eigenvalue weighted by molar-refractivity contribution is 0.408. The highest BCUT2D eigenvalue weighted by molar-refractivity contribution is 9.10. The summed E-state index contributed by atoms with van der Waals surface area (Å²) in [7, 11) is -3.31. The Hall–Kier alpha value is -0.390. The maximum Gasteiger partial charge on any atom is 0.243 e. The Labute approximate surface area is 111 Å². The van der Waals surface area contributed by atoms with Crippen LogP contribution in [-0.4, -0.2) is 25.3 Å². The normalized spacial score (nSPS) is 21.9. The lowest BCUT2D eigenvalue weighted by Gasteiger charge is -2.21. The Morgan fingerprint density at radius 3 is 2.65 bits per heavy atom. The van der Waals surface area contributed by atoms with Crippen LogP contribution >= 0.6 is 15.9 Å². The van der Waals surface area contributed by atoms with E-state index in [0.29, 0.717) is 11.4 Å². The largest absolute Gasteiger partial charge is 0.243 e. The lowest BCUT2D eigenvalue weighted by atomic mass is 10.2. The van der Waals surface area contributed by atoms with Gasteiger partial charge in [-0.2, -0.15) is 4.31 Å². The SMILES string of the molecule is Cc1cc(S(=O)(=O)N2CCC[C@H]2C)ccc1Br. The third-order valence-electron chi connectivity index (χ3n) is 3.23. The van der Waals surface area contributed by atoms with Crippen molar-refractivity contribution in [3.8, 4) is 0 Å².